The standard InChI is InChI=1S/C25H24N4O3S.ClH/c1-32-25(31)21-6-3-11-29(21)14-16-7-9-17(10-8-16)22-13-20-23(33-22)24(27-15-26-20)28-18-4-2-5-19(30)12-18;/h2,4-5,7-10,12-13,15,21,30H,3,6,11,14H2,1H3,(H,26,27,28);1H. The molecule has 0 saturated carbocycles. The van der Waals surface area contributed by atoms with Crippen LogP contribution in [0.3, 0.4) is 0 Å². The summed E-state index contributed by atoms with van der Waals surface area (Å²) in [6, 6.07) is 17.3. The molecule has 0 radical (unpaired) electrons. The Morgan fingerprint density at radius 1 is 1.21 bits per heavy atom. The quantitative estimate of drug-likeness (QED) is 0.347. The Hall–Kier alpha value is -3.20. The van der Waals surface area contributed by atoms with Crippen LogP contribution in [0, 0.1) is 0 Å². The van der Waals surface area contributed by atoms with Gasteiger partial charge in [-0.05, 0) is 48.7 Å². The molecule has 0 spiro atoms. The first-order valence-corrected chi connectivity index (χ1v) is 11.6. The first-order valence-electron chi connectivity index (χ1n) is 10.8. The number of hydrogen-bond acceptors (Lipinski definition) is 8. The Kier molecular flexibility index (Phi) is 7.31. The van der Waals surface area contributed by atoms with Crippen LogP contribution in [0.15, 0.2) is 60.9 Å². The van der Waals surface area contributed by atoms with E-state index in [0.717, 1.165) is 52.3 Å². The largest absolute Gasteiger partial charge is 0.508 e. The number of nitrogens with one attached hydrogen (secondary N) is 1. The molecule has 34 heavy (non-hydrogen) atoms. The third kappa shape index (κ3) is 4.99. The number of ether oxygens (including phenoxy) is 1. The summed E-state index contributed by atoms with van der Waals surface area (Å²) in [6.45, 7) is 1.64. The summed E-state index contributed by atoms with van der Waals surface area (Å²) in [5.74, 6) is 0.760. The molecule has 1 unspecified atom stereocenters. The maximum absolute atomic E-state index is 12.0. The number of phenols is 1. The number of aromatic hydroxyl groups is 1. The average Bonchev–Trinajstić information content (AvgIpc) is 3.47. The number of anilines is 2. The zero-order valence-corrected chi connectivity index (χ0v) is 20.2. The number of likely N-dealkylation sites (tertiary alicyclic amines) is 1. The summed E-state index contributed by atoms with van der Waals surface area (Å²) in [5, 5.41) is 13.0. The van der Waals surface area contributed by atoms with Crippen molar-refractivity contribution in [3.63, 3.8) is 0 Å². The van der Waals surface area contributed by atoms with Gasteiger partial charge in [0, 0.05) is 23.2 Å². The monoisotopic (exact) mass is 496 g/mol. The Morgan fingerprint density at radius 3 is 2.79 bits per heavy atom. The minimum absolute atomic E-state index is 0. The Balaban J connectivity index is 0.00000274. The van der Waals surface area contributed by atoms with Crippen LogP contribution in [-0.2, 0) is 16.1 Å². The number of aromatic nitrogens is 2. The number of hydrogen-bond donors (Lipinski definition) is 2. The van der Waals surface area contributed by atoms with Crippen molar-refractivity contribution in [3.05, 3.63) is 66.5 Å². The van der Waals surface area contributed by atoms with Crippen LogP contribution in [0.2, 0.25) is 0 Å². The number of carbonyl (C=O) groups is 1. The van der Waals surface area contributed by atoms with Gasteiger partial charge in [0.2, 0.25) is 0 Å². The third-order valence-corrected chi connectivity index (χ3v) is 7.06. The molecule has 2 aromatic heterocycles. The molecule has 5 rings (SSSR count). The summed E-state index contributed by atoms with van der Waals surface area (Å²) in [5.41, 5.74) is 3.91. The van der Waals surface area contributed by atoms with E-state index in [9.17, 15) is 9.90 Å². The molecular formula is C25H25ClN4O3S. The molecule has 1 saturated heterocycles. The second-order valence-electron chi connectivity index (χ2n) is 8.07. The predicted molar refractivity (Wildman–Crippen MR) is 137 cm³/mol. The summed E-state index contributed by atoms with van der Waals surface area (Å²) < 4.78 is 5.91. The molecule has 9 heteroatoms. The van der Waals surface area contributed by atoms with Crippen LogP contribution in [0.5, 0.6) is 5.75 Å². The second-order valence-corrected chi connectivity index (χ2v) is 9.12. The number of benzene rings is 2. The molecule has 2 N–H and O–H groups in total. The number of esters is 1. The Bertz CT molecular complexity index is 1300. The van der Waals surface area contributed by atoms with Crippen molar-refractivity contribution in [2.24, 2.45) is 0 Å². The fourth-order valence-electron chi connectivity index (χ4n) is 4.23. The van der Waals surface area contributed by atoms with Crippen molar-refractivity contribution in [2.45, 2.75) is 25.4 Å². The van der Waals surface area contributed by atoms with E-state index in [2.05, 4.69) is 50.5 Å². The fraction of sp³-hybridized carbons (Fsp3) is 0.240. The summed E-state index contributed by atoms with van der Waals surface area (Å²) in [6.07, 6.45) is 3.41. The molecule has 1 aliphatic rings. The van der Waals surface area contributed by atoms with Crippen LogP contribution in [0.25, 0.3) is 20.7 Å². The van der Waals surface area contributed by atoms with Gasteiger partial charge in [0.25, 0.3) is 0 Å². The highest BCUT2D eigenvalue weighted by molar-refractivity contribution is 7.22. The molecular weight excluding hydrogens is 472 g/mol. The molecule has 0 amide bonds. The van der Waals surface area contributed by atoms with Crippen molar-refractivity contribution in [1.29, 1.82) is 0 Å². The molecule has 0 bridgehead atoms. The second kappa shape index (κ2) is 10.4. The highest BCUT2D eigenvalue weighted by Gasteiger charge is 2.31. The van der Waals surface area contributed by atoms with Crippen LogP contribution in [0.1, 0.15) is 18.4 Å². The lowest BCUT2D eigenvalue weighted by Gasteiger charge is -2.22. The van der Waals surface area contributed by atoms with Crippen LogP contribution >= 0.6 is 23.7 Å². The van der Waals surface area contributed by atoms with E-state index in [4.69, 9.17) is 4.74 Å². The van der Waals surface area contributed by atoms with E-state index >= 15 is 0 Å². The lowest BCUT2D eigenvalue weighted by Crippen LogP contribution is -2.36. The molecule has 4 aromatic rings. The van der Waals surface area contributed by atoms with Gasteiger partial charge in [0.1, 0.15) is 18.1 Å². The molecule has 1 atom stereocenters. The lowest BCUT2D eigenvalue weighted by atomic mass is 10.1. The number of halogens is 1. The maximum Gasteiger partial charge on any atom is 0.323 e. The van der Waals surface area contributed by atoms with E-state index in [0.29, 0.717) is 5.82 Å². The van der Waals surface area contributed by atoms with Crippen molar-refractivity contribution in [3.8, 4) is 16.2 Å². The molecule has 7 nitrogen and oxygen atoms in total. The molecule has 1 fully saturated rings. The normalized spacial score (nSPS) is 15.7. The van der Waals surface area contributed by atoms with Gasteiger partial charge in [0.15, 0.2) is 5.82 Å². The number of carbonyl (C=O) groups excluding carboxylic acids is 1. The molecule has 3 heterocycles. The molecule has 0 aliphatic carbocycles. The number of phenolic OH excluding ortho intramolecular Hbond substituents is 1. The molecule has 1 aliphatic heterocycles. The molecule has 2 aromatic carbocycles. The number of nitrogens with zero attached hydrogens (tertiary/aromatic N) is 3. The Morgan fingerprint density at radius 2 is 2.03 bits per heavy atom. The van der Waals surface area contributed by atoms with Gasteiger partial charge in [-0.25, -0.2) is 9.97 Å². The average molecular weight is 497 g/mol. The van der Waals surface area contributed by atoms with Gasteiger partial charge in [-0.1, -0.05) is 30.3 Å². The maximum atomic E-state index is 12.0. The number of methoxy groups -OCH3 is 1. The van der Waals surface area contributed by atoms with E-state index in [1.165, 1.54) is 12.7 Å². The first kappa shape index (κ1) is 23.9. The highest BCUT2D eigenvalue weighted by Crippen LogP contribution is 2.37. The smallest absolute Gasteiger partial charge is 0.323 e. The van der Waals surface area contributed by atoms with Crippen molar-refractivity contribution in [2.75, 3.05) is 19.0 Å². The van der Waals surface area contributed by atoms with Gasteiger partial charge in [0.05, 0.1) is 17.3 Å². The number of thiophene rings is 1. The molecule has 176 valence electrons. The summed E-state index contributed by atoms with van der Waals surface area (Å²) in [4.78, 5) is 24.1. The number of rotatable bonds is 6. The zero-order chi connectivity index (χ0) is 22.8. The minimum Gasteiger partial charge on any atom is -0.508 e. The van der Waals surface area contributed by atoms with Crippen LogP contribution in [-0.4, -0.2) is 45.6 Å². The van der Waals surface area contributed by atoms with Crippen LogP contribution < -0.4 is 5.32 Å². The Labute approximate surface area is 207 Å². The fourth-order valence-corrected chi connectivity index (χ4v) is 5.29. The van der Waals surface area contributed by atoms with Gasteiger partial charge in [-0.2, -0.15) is 0 Å². The minimum atomic E-state index is -0.148. The van der Waals surface area contributed by atoms with E-state index in [1.807, 2.05) is 6.07 Å². The first-order chi connectivity index (χ1) is 16.1. The van der Waals surface area contributed by atoms with Crippen molar-refractivity contribution < 1.29 is 14.6 Å². The summed E-state index contributed by atoms with van der Waals surface area (Å²) in [7, 11) is 1.45. The zero-order valence-electron chi connectivity index (χ0n) is 18.6. The van der Waals surface area contributed by atoms with Gasteiger partial charge >= 0.3 is 5.97 Å². The van der Waals surface area contributed by atoms with E-state index in [-0.39, 0.29) is 30.2 Å². The van der Waals surface area contributed by atoms with Crippen molar-refractivity contribution >= 4 is 51.4 Å². The van der Waals surface area contributed by atoms with Gasteiger partial charge in [-0.3, -0.25) is 9.69 Å². The van der Waals surface area contributed by atoms with E-state index < -0.39 is 0 Å². The lowest BCUT2D eigenvalue weighted by molar-refractivity contribution is -0.146. The SMILES string of the molecule is COC(=O)C1CCCN1Cc1ccc(-c2cc3ncnc(Nc4cccc(O)c4)c3s2)cc1.Cl. The summed E-state index contributed by atoms with van der Waals surface area (Å²) >= 11 is 1.62. The van der Waals surface area contributed by atoms with Gasteiger partial charge < -0.3 is 15.2 Å². The van der Waals surface area contributed by atoms with Crippen LogP contribution in [0.4, 0.5) is 11.5 Å². The third-order valence-electron chi connectivity index (χ3n) is 5.88. The predicted octanol–water partition coefficient (Wildman–Crippen LogP) is 5.37. The highest BCUT2D eigenvalue weighted by atomic mass is 35.5. The van der Waals surface area contributed by atoms with Gasteiger partial charge in [-0.15, -0.1) is 23.7 Å². The topological polar surface area (TPSA) is 87.6 Å². The van der Waals surface area contributed by atoms with E-state index in [1.54, 1.807) is 35.9 Å². The van der Waals surface area contributed by atoms with Crippen molar-refractivity contribution in [1.82, 2.24) is 14.9 Å². The number of fused-ring (bicyclic) bond motifs is 1.